The van der Waals surface area contributed by atoms with Gasteiger partial charge >= 0.3 is 5.97 Å². The van der Waals surface area contributed by atoms with Gasteiger partial charge in [0.1, 0.15) is 6.73 Å². The van der Waals surface area contributed by atoms with Crippen LogP contribution in [-0.2, 0) is 14.3 Å². The zero-order valence-corrected chi connectivity index (χ0v) is 15.9. The number of hydrogen-bond donors (Lipinski definition) is 2. The number of rotatable bonds is 7. The van der Waals surface area contributed by atoms with Crippen LogP contribution in [0.4, 0.5) is 0 Å². The smallest absolute Gasteiger partial charge is 0.307 e. The molecule has 0 aromatic rings. The Morgan fingerprint density at radius 3 is 2.70 bits per heavy atom. The predicted molar refractivity (Wildman–Crippen MR) is 96.1 cm³/mol. The minimum atomic E-state index is -1.09. The molecule has 1 fully saturated rings. The minimum absolute atomic E-state index is 0.113. The highest BCUT2D eigenvalue weighted by atomic mass is 28.3. The number of hydrogen-bond acceptors (Lipinski definition) is 6. The van der Waals surface area contributed by atoms with Gasteiger partial charge in [0, 0.05) is 32.2 Å². The lowest BCUT2D eigenvalue weighted by Gasteiger charge is -2.36. The van der Waals surface area contributed by atoms with Gasteiger partial charge in [0.15, 0.2) is 0 Å². The monoisotopic (exact) mass is 341 g/mol. The van der Waals surface area contributed by atoms with E-state index in [-0.39, 0.29) is 12.4 Å². The SMILES string of the molecule is COC(=O)C[C@@]1(N)CCCC(=NCOCC[Si](C)(C)C)C1=CN. The topological polar surface area (TPSA) is 99.9 Å². The quantitative estimate of drug-likeness (QED) is 0.419. The molecule has 6 nitrogen and oxygen atoms in total. The van der Waals surface area contributed by atoms with Crippen LogP contribution in [0.1, 0.15) is 25.7 Å². The van der Waals surface area contributed by atoms with Gasteiger partial charge in [-0.25, -0.2) is 0 Å². The van der Waals surface area contributed by atoms with Crippen molar-refractivity contribution in [3.05, 3.63) is 11.8 Å². The van der Waals surface area contributed by atoms with Gasteiger partial charge in [0.2, 0.25) is 0 Å². The first-order valence-corrected chi connectivity index (χ1v) is 11.8. The molecule has 0 aliphatic heterocycles. The van der Waals surface area contributed by atoms with Crippen LogP contribution >= 0.6 is 0 Å². The predicted octanol–water partition coefficient (Wildman–Crippen LogP) is 2.03. The Labute approximate surface area is 140 Å². The van der Waals surface area contributed by atoms with Gasteiger partial charge in [0.25, 0.3) is 0 Å². The second kappa shape index (κ2) is 8.61. The summed E-state index contributed by atoms with van der Waals surface area (Å²) in [6, 6.07) is 1.11. The highest BCUT2D eigenvalue weighted by molar-refractivity contribution is 6.76. The lowest BCUT2D eigenvalue weighted by Crippen LogP contribution is -2.49. The van der Waals surface area contributed by atoms with Crippen molar-refractivity contribution in [2.45, 2.75) is 56.9 Å². The molecule has 1 aliphatic carbocycles. The molecule has 1 atom stereocenters. The summed E-state index contributed by atoms with van der Waals surface area (Å²) >= 11 is 0. The third kappa shape index (κ3) is 6.45. The van der Waals surface area contributed by atoms with Crippen molar-refractivity contribution < 1.29 is 14.3 Å². The Morgan fingerprint density at radius 1 is 1.43 bits per heavy atom. The fraction of sp³-hybridized carbons (Fsp3) is 0.750. The van der Waals surface area contributed by atoms with Crippen LogP contribution in [-0.4, -0.2) is 45.7 Å². The number of ether oxygens (including phenoxy) is 2. The number of nitrogens with zero attached hydrogens (tertiary/aromatic N) is 1. The second-order valence-electron chi connectivity index (χ2n) is 7.30. The molecular weight excluding hydrogens is 310 g/mol. The highest BCUT2D eigenvalue weighted by Gasteiger charge is 2.38. The van der Waals surface area contributed by atoms with E-state index >= 15 is 0 Å². The molecule has 0 amide bonds. The fourth-order valence-electron chi connectivity index (χ4n) is 2.63. The van der Waals surface area contributed by atoms with Crippen molar-refractivity contribution in [1.82, 2.24) is 0 Å². The summed E-state index contributed by atoms with van der Waals surface area (Å²) in [6.45, 7) is 7.98. The van der Waals surface area contributed by atoms with Crippen LogP contribution in [0.25, 0.3) is 0 Å². The van der Waals surface area contributed by atoms with Gasteiger partial charge in [-0.1, -0.05) is 19.6 Å². The molecule has 23 heavy (non-hydrogen) atoms. The molecule has 1 saturated carbocycles. The normalized spacial score (nSPS) is 25.8. The number of esters is 1. The molecule has 7 heteroatoms. The molecule has 0 heterocycles. The maximum absolute atomic E-state index is 11.6. The maximum Gasteiger partial charge on any atom is 0.307 e. The number of carbonyl (C=O) groups excluding carboxylic acids is 1. The Morgan fingerprint density at radius 2 is 2.13 bits per heavy atom. The summed E-state index contributed by atoms with van der Waals surface area (Å²) in [7, 11) is 0.274. The first-order valence-electron chi connectivity index (χ1n) is 8.11. The summed E-state index contributed by atoms with van der Waals surface area (Å²) in [4.78, 5) is 16.1. The Kier molecular flexibility index (Phi) is 7.43. The van der Waals surface area contributed by atoms with E-state index in [0.717, 1.165) is 36.8 Å². The first-order chi connectivity index (χ1) is 10.7. The fourth-order valence-corrected chi connectivity index (χ4v) is 3.39. The molecule has 0 radical (unpaired) electrons. The number of carbonyl (C=O) groups is 1. The van der Waals surface area contributed by atoms with Crippen molar-refractivity contribution in [2.24, 2.45) is 16.5 Å². The van der Waals surface area contributed by atoms with E-state index in [1.165, 1.54) is 13.3 Å². The molecular formula is C16H31N3O3Si. The molecule has 0 unspecified atom stereocenters. The van der Waals surface area contributed by atoms with Gasteiger partial charge in [-0.3, -0.25) is 9.79 Å². The molecule has 132 valence electrons. The molecule has 0 bridgehead atoms. The van der Waals surface area contributed by atoms with Gasteiger partial charge in [0.05, 0.1) is 19.1 Å². The minimum Gasteiger partial charge on any atom is -0.469 e. The highest BCUT2D eigenvalue weighted by Crippen LogP contribution is 2.32. The zero-order valence-electron chi connectivity index (χ0n) is 14.9. The maximum atomic E-state index is 11.6. The van der Waals surface area contributed by atoms with Crippen LogP contribution in [0, 0.1) is 0 Å². The summed E-state index contributed by atoms with van der Waals surface area (Å²) in [5.41, 5.74) is 13.0. The second-order valence-corrected chi connectivity index (χ2v) is 12.9. The van der Waals surface area contributed by atoms with E-state index in [0.29, 0.717) is 13.2 Å². The van der Waals surface area contributed by atoms with Crippen molar-refractivity contribution >= 4 is 19.8 Å². The van der Waals surface area contributed by atoms with Crippen LogP contribution in [0.5, 0.6) is 0 Å². The largest absolute Gasteiger partial charge is 0.469 e. The molecule has 0 saturated heterocycles. The Balaban J connectivity index is 2.67. The van der Waals surface area contributed by atoms with Crippen LogP contribution < -0.4 is 11.5 Å². The summed E-state index contributed by atoms with van der Waals surface area (Å²) < 4.78 is 10.4. The molecule has 0 aromatic carbocycles. The van der Waals surface area contributed by atoms with Crippen molar-refractivity contribution in [1.29, 1.82) is 0 Å². The molecule has 4 N–H and O–H groups in total. The van der Waals surface area contributed by atoms with E-state index in [1.807, 2.05) is 0 Å². The van der Waals surface area contributed by atoms with Crippen LogP contribution in [0.3, 0.4) is 0 Å². The summed E-state index contributed by atoms with van der Waals surface area (Å²) in [6.07, 6.45) is 3.96. The van der Waals surface area contributed by atoms with E-state index in [1.54, 1.807) is 0 Å². The average Bonchev–Trinajstić information content (AvgIpc) is 2.45. The molecule has 1 rings (SSSR count). The standard InChI is InChI=1S/C16H31N3O3Si/c1-21-15(20)10-16(18)7-5-6-14(13(16)11-17)19-12-22-8-9-23(2,3)4/h11H,5-10,12,17-18H2,1-4H3/t16-/m0/s1. The van der Waals surface area contributed by atoms with E-state index < -0.39 is 13.6 Å². The lowest BCUT2D eigenvalue weighted by atomic mass is 9.75. The average molecular weight is 342 g/mol. The zero-order chi connectivity index (χ0) is 17.5. The van der Waals surface area contributed by atoms with Crippen molar-refractivity contribution in [3.8, 4) is 0 Å². The number of nitrogens with two attached hydrogens (primary N) is 2. The third-order valence-corrected chi connectivity index (χ3v) is 5.79. The Bertz CT molecular complexity index is 472. The van der Waals surface area contributed by atoms with Crippen molar-refractivity contribution in [3.63, 3.8) is 0 Å². The molecule has 0 aromatic heterocycles. The Hall–Kier alpha value is -1.18. The molecule has 0 spiro atoms. The van der Waals surface area contributed by atoms with E-state index in [2.05, 4.69) is 24.6 Å². The third-order valence-electron chi connectivity index (χ3n) is 4.08. The summed E-state index contributed by atoms with van der Waals surface area (Å²) in [5, 5.41) is 0. The van der Waals surface area contributed by atoms with E-state index in [9.17, 15) is 4.79 Å². The van der Waals surface area contributed by atoms with E-state index in [4.69, 9.17) is 20.9 Å². The molecule has 1 aliphatic rings. The summed E-state index contributed by atoms with van der Waals surface area (Å²) in [5.74, 6) is -0.334. The van der Waals surface area contributed by atoms with Gasteiger partial charge in [-0.2, -0.15) is 0 Å². The lowest BCUT2D eigenvalue weighted by molar-refractivity contribution is -0.141. The van der Waals surface area contributed by atoms with Crippen molar-refractivity contribution in [2.75, 3.05) is 20.4 Å². The van der Waals surface area contributed by atoms with Crippen LogP contribution in [0.2, 0.25) is 25.7 Å². The van der Waals surface area contributed by atoms with Gasteiger partial charge in [-0.15, -0.1) is 0 Å². The number of aliphatic imine (C=N–C) groups is 1. The van der Waals surface area contributed by atoms with Crippen LogP contribution in [0.15, 0.2) is 16.8 Å². The van der Waals surface area contributed by atoms with Gasteiger partial charge < -0.3 is 20.9 Å². The first kappa shape index (κ1) is 19.9. The van der Waals surface area contributed by atoms with Gasteiger partial charge in [-0.05, 0) is 25.3 Å². The number of methoxy groups -OCH3 is 1.